The molecule has 3 rings (SSSR count). The number of anilines is 1. The average molecular weight is 359 g/mol. The van der Waals surface area contributed by atoms with Gasteiger partial charge in [0.25, 0.3) is 10.0 Å². The normalized spacial score (nSPS) is 11.5. The van der Waals surface area contributed by atoms with Gasteiger partial charge in [0.05, 0.1) is 17.2 Å². The third-order valence-electron chi connectivity index (χ3n) is 3.80. The second-order valence-corrected chi connectivity index (χ2v) is 7.28. The van der Waals surface area contributed by atoms with Gasteiger partial charge < -0.3 is 4.74 Å². The van der Waals surface area contributed by atoms with E-state index in [-0.39, 0.29) is 10.6 Å². The third kappa shape index (κ3) is 3.44. The maximum Gasteiger partial charge on any atom is 0.262 e. The Balaban J connectivity index is 2.10. The van der Waals surface area contributed by atoms with Gasteiger partial charge in [0.2, 0.25) is 0 Å². The van der Waals surface area contributed by atoms with E-state index in [9.17, 15) is 12.8 Å². The van der Waals surface area contributed by atoms with Crippen LogP contribution in [0.3, 0.4) is 0 Å². The van der Waals surface area contributed by atoms with E-state index >= 15 is 0 Å². The largest absolute Gasteiger partial charge is 0.493 e. The maximum absolute atomic E-state index is 14.0. The van der Waals surface area contributed by atoms with Crippen molar-refractivity contribution in [1.82, 2.24) is 0 Å². The number of hydrogen-bond acceptors (Lipinski definition) is 3. The monoisotopic (exact) mass is 359 g/mol. The molecule has 1 N–H and O–H groups in total. The Morgan fingerprint density at radius 1 is 1.04 bits per heavy atom. The number of ether oxygens (including phenoxy) is 1. The first-order valence-electron chi connectivity index (χ1n) is 7.86. The van der Waals surface area contributed by atoms with E-state index in [0.717, 1.165) is 0 Å². The van der Waals surface area contributed by atoms with Crippen LogP contribution in [0.1, 0.15) is 12.5 Å². The Morgan fingerprint density at radius 2 is 1.76 bits per heavy atom. The molecule has 0 amide bonds. The Morgan fingerprint density at radius 3 is 2.44 bits per heavy atom. The number of sulfonamides is 1. The fourth-order valence-corrected chi connectivity index (χ4v) is 3.94. The van der Waals surface area contributed by atoms with Crippen LogP contribution in [-0.4, -0.2) is 15.0 Å². The van der Waals surface area contributed by atoms with Crippen molar-refractivity contribution in [2.45, 2.75) is 18.7 Å². The molecule has 0 atom stereocenters. The minimum atomic E-state index is -3.95. The van der Waals surface area contributed by atoms with Crippen LogP contribution in [0.25, 0.3) is 10.8 Å². The van der Waals surface area contributed by atoms with Crippen LogP contribution in [0.2, 0.25) is 0 Å². The molecule has 0 saturated heterocycles. The van der Waals surface area contributed by atoms with Crippen LogP contribution in [0.15, 0.2) is 59.5 Å². The van der Waals surface area contributed by atoms with Gasteiger partial charge in [-0.3, -0.25) is 4.72 Å². The number of rotatable bonds is 5. The maximum atomic E-state index is 14.0. The minimum Gasteiger partial charge on any atom is -0.493 e. The highest BCUT2D eigenvalue weighted by Crippen LogP contribution is 2.32. The van der Waals surface area contributed by atoms with Crippen molar-refractivity contribution in [1.29, 1.82) is 0 Å². The van der Waals surface area contributed by atoms with E-state index in [4.69, 9.17) is 4.74 Å². The molecule has 3 aromatic carbocycles. The van der Waals surface area contributed by atoms with Gasteiger partial charge in [0.15, 0.2) is 0 Å². The van der Waals surface area contributed by atoms with Gasteiger partial charge in [-0.25, -0.2) is 12.8 Å². The molecule has 6 heteroatoms. The lowest BCUT2D eigenvalue weighted by Crippen LogP contribution is -2.14. The van der Waals surface area contributed by atoms with Gasteiger partial charge in [-0.1, -0.05) is 30.3 Å². The first-order valence-corrected chi connectivity index (χ1v) is 9.34. The summed E-state index contributed by atoms with van der Waals surface area (Å²) in [4.78, 5) is 0.0755. The highest BCUT2D eigenvalue weighted by atomic mass is 32.2. The second-order valence-electron chi connectivity index (χ2n) is 5.63. The van der Waals surface area contributed by atoms with Gasteiger partial charge in [0.1, 0.15) is 11.6 Å². The molecule has 130 valence electrons. The summed E-state index contributed by atoms with van der Waals surface area (Å²) in [6.45, 7) is 4.07. The number of fused-ring (bicyclic) bond motifs is 1. The zero-order valence-electron chi connectivity index (χ0n) is 13.9. The molecule has 3 aromatic rings. The van der Waals surface area contributed by atoms with Crippen molar-refractivity contribution in [3.05, 3.63) is 66.0 Å². The zero-order chi connectivity index (χ0) is 18.0. The first-order chi connectivity index (χ1) is 11.9. The molecule has 0 spiro atoms. The van der Waals surface area contributed by atoms with Crippen molar-refractivity contribution in [2.24, 2.45) is 0 Å². The lowest BCUT2D eigenvalue weighted by Gasteiger charge is -2.14. The van der Waals surface area contributed by atoms with Gasteiger partial charge in [-0.15, -0.1) is 0 Å². The second kappa shape index (κ2) is 6.72. The number of halogens is 1. The highest BCUT2D eigenvalue weighted by Gasteiger charge is 2.20. The topological polar surface area (TPSA) is 55.4 Å². The van der Waals surface area contributed by atoms with Crippen molar-refractivity contribution in [3.63, 3.8) is 0 Å². The quantitative estimate of drug-likeness (QED) is 0.730. The number of nitrogens with one attached hydrogen (secondary N) is 1. The van der Waals surface area contributed by atoms with E-state index < -0.39 is 15.8 Å². The van der Waals surface area contributed by atoms with E-state index in [1.54, 1.807) is 37.3 Å². The van der Waals surface area contributed by atoms with Crippen LogP contribution in [-0.2, 0) is 10.0 Å². The number of benzene rings is 3. The minimum absolute atomic E-state index is 0.0755. The predicted molar refractivity (Wildman–Crippen MR) is 97.1 cm³/mol. The SMILES string of the molecule is CCOc1ccc(S(=O)(=O)Nc2ccc(C)cc2F)c2ccccc12. The van der Waals surface area contributed by atoms with Crippen LogP contribution in [0.4, 0.5) is 10.1 Å². The molecule has 0 unspecified atom stereocenters. The molecule has 0 aliphatic heterocycles. The molecule has 0 saturated carbocycles. The number of aryl methyl sites for hydroxylation is 1. The Labute approximate surface area is 146 Å². The van der Waals surface area contributed by atoms with E-state index in [2.05, 4.69) is 4.72 Å². The Kier molecular flexibility index (Phi) is 4.63. The van der Waals surface area contributed by atoms with Gasteiger partial charge in [-0.2, -0.15) is 0 Å². The molecule has 0 aliphatic rings. The highest BCUT2D eigenvalue weighted by molar-refractivity contribution is 7.93. The average Bonchev–Trinajstić information content (AvgIpc) is 2.58. The van der Waals surface area contributed by atoms with Crippen molar-refractivity contribution >= 4 is 26.5 Å². The summed E-state index contributed by atoms with van der Waals surface area (Å²) >= 11 is 0. The Bertz CT molecular complexity index is 1030. The van der Waals surface area contributed by atoms with Crippen LogP contribution < -0.4 is 9.46 Å². The van der Waals surface area contributed by atoms with Crippen molar-refractivity contribution in [2.75, 3.05) is 11.3 Å². The van der Waals surface area contributed by atoms with Crippen LogP contribution in [0, 0.1) is 12.7 Å². The number of hydrogen-bond donors (Lipinski definition) is 1. The summed E-state index contributed by atoms with van der Waals surface area (Å²) in [5, 5.41) is 1.21. The van der Waals surface area contributed by atoms with Crippen LogP contribution >= 0.6 is 0 Å². The van der Waals surface area contributed by atoms with E-state index in [1.807, 2.05) is 13.0 Å². The molecule has 0 heterocycles. The molecule has 4 nitrogen and oxygen atoms in total. The molecular formula is C19H18FNO3S. The molecular weight excluding hydrogens is 341 g/mol. The predicted octanol–water partition coefficient (Wildman–Crippen LogP) is 4.49. The van der Waals surface area contributed by atoms with Gasteiger partial charge in [-0.05, 0) is 43.7 Å². The van der Waals surface area contributed by atoms with E-state index in [0.29, 0.717) is 28.7 Å². The standard InChI is InChI=1S/C19H18FNO3S/c1-3-24-18-10-11-19(15-7-5-4-6-14(15)18)25(22,23)21-17-9-8-13(2)12-16(17)20/h4-12,21H,3H2,1-2H3. The zero-order valence-corrected chi connectivity index (χ0v) is 14.7. The molecule has 0 fully saturated rings. The van der Waals surface area contributed by atoms with Gasteiger partial charge >= 0.3 is 0 Å². The molecule has 0 aromatic heterocycles. The summed E-state index contributed by atoms with van der Waals surface area (Å²) in [7, 11) is -3.95. The lowest BCUT2D eigenvalue weighted by atomic mass is 10.1. The Hall–Kier alpha value is -2.60. The lowest BCUT2D eigenvalue weighted by molar-refractivity contribution is 0.344. The smallest absolute Gasteiger partial charge is 0.262 e. The van der Waals surface area contributed by atoms with Gasteiger partial charge in [0, 0.05) is 10.8 Å². The van der Waals surface area contributed by atoms with Crippen molar-refractivity contribution in [3.8, 4) is 5.75 Å². The molecule has 0 bridgehead atoms. The summed E-state index contributed by atoms with van der Waals surface area (Å²) < 4.78 is 47.5. The summed E-state index contributed by atoms with van der Waals surface area (Å²) in [5.74, 6) is -0.00242. The molecule has 25 heavy (non-hydrogen) atoms. The third-order valence-corrected chi connectivity index (χ3v) is 5.23. The van der Waals surface area contributed by atoms with Crippen LogP contribution in [0.5, 0.6) is 5.75 Å². The van der Waals surface area contributed by atoms with E-state index in [1.165, 1.54) is 18.2 Å². The fraction of sp³-hybridized carbons (Fsp3) is 0.158. The summed E-state index contributed by atoms with van der Waals surface area (Å²) in [6, 6.07) is 14.5. The summed E-state index contributed by atoms with van der Waals surface area (Å²) in [5.41, 5.74) is 0.635. The molecule has 0 radical (unpaired) electrons. The van der Waals surface area contributed by atoms with Crippen molar-refractivity contribution < 1.29 is 17.5 Å². The fourth-order valence-electron chi connectivity index (χ4n) is 2.66. The molecule has 0 aliphatic carbocycles. The summed E-state index contributed by atoms with van der Waals surface area (Å²) in [6.07, 6.45) is 0. The first kappa shape index (κ1) is 17.2.